The summed E-state index contributed by atoms with van der Waals surface area (Å²) in [6, 6.07) is 7.18. The molecule has 3 aromatic rings. The maximum absolute atomic E-state index is 12.6. The highest BCUT2D eigenvalue weighted by Gasteiger charge is 2.18. The molecule has 0 saturated carbocycles. The molecule has 4 rings (SSSR count). The lowest BCUT2D eigenvalue weighted by Gasteiger charge is -2.18. The number of thioether (sulfide) groups is 1. The Morgan fingerprint density at radius 3 is 3.08 bits per heavy atom. The lowest BCUT2D eigenvalue weighted by atomic mass is 10.1. The van der Waals surface area contributed by atoms with E-state index in [9.17, 15) is 9.59 Å². The molecular formula is C18H15N3O3S2. The number of aromatic nitrogens is 2. The van der Waals surface area contributed by atoms with Crippen LogP contribution >= 0.6 is 23.1 Å². The van der Waals surface area contributed by atoms with Crippen molar-refractivity contribution in [2.75, 3.05) is 17.7 Å². The Hall–Kier alpha value is -2.45. The third-order valence-corrected chi connectivity index (χ3v) is 6.16. The van der Waals surface area contributed by atoms with Crippen molar-refractivity contribution >= 4 is 50.7 Å². The first-order chi connectivity index (χ1) is 12.6. The number of hydrogen-bond acceptors (Lipinski definition) is 7. The Kier molecular flexibility index (Phi) is 4.60. The molecule has 0 spiro atoms. The number of carbonyl (C=O) groups excluding carboxylic acids is 2. The summed E-state index contributed by atoms with van der Waals surface area (Å²) in [6.07, 6.45) is 2.49. The van der Waals surface area contributed by atoms with E-state index in [2.05, 4.69) is 28.3 Å². The third-order valence-electron chi connectivity index (χ3n) is 3.97. The van der Waals surface area contributed by atoms with Crippen LogP contribution < -0.4 is 10.1 Å². The van der Waals surface area contributed by atoms with E-state index in [0.29, 0.717) is 17.0 Å². The molecule has 0 unspecified atom stereocenters. The van der Waals surface area contributed by atoms with Gasteiger partial charge in [0.2, 0.25) is 0 Å². The molecule has 26 heavy (non-hydrogen) atoms. The number of ketones is 1. The second-order valence-corrected chi connectivity index (χ2v) is 7.80. The quantitative estimate of drug-likeness (QED) is 0.411. The van der Waals surface area contributed by atoms with Gasteiger partial charge in [0.1, 0.15) is 21.9 Å². The molecule has 6 nitrogen and oxygen atoms in total. The molecule has 1 aliphatic heterocycles. The van der Waals surface area contributed by atoms with Crippen LogP contribution in [0.1, 0.15) is 22.2 Å². The van der Waals surface area contributed by atoms with Gasteiger partial charge < -0.3 is 10.1 Å². The largest absolute Gasteiger partial charge is 0.482 e. The Morgan fingerprint density at radius 1 is 1.35 bits per heavy atom. The molecule has 2 aromatic heterocycles. The summed E-state index contributed by atoms with van der Waals surface area (Å²) in [4.78, 5) is 34.8. The number of Topliss-reactive ketones (excluding diaryl/α,β-unsaturated/α-hetero) is 1. The van der Waals surface area contributed by atoms with Crippen LogP contribution in [0.5, 0.6) is 5.75 Å². The molecule has 0 atom stereocenters. The first kappa shape index (κ1) is 17.0. The number of ether oxygens (including phenoxy) is 1. The average Bonchev–Trinajstić information content (AvgIpc) is 3.09. The van der Waals surface area contributed by atoms with Gasteiger partial charge in [-0.3, -0.25) is 9.59 Å². The maximum Gasteiger partial charge on any atom is 0.262 e. The molecule has 0 fully saturated rings. The summed E-state index contributed by atoms with van der Waals surface area (Å²) in [5.74, 6) is 0.591. The smallest absolute Gasteiger partial charge is 0.262 e. The Morgan fingerprint density at radius 2 is 2.23 bits per heavy atom. The summed E-state index contributed by atoms with van der Waals surface area (Å²) in [7, 11) is 0. The number of benzene rings is 1. The standard InChI is InChI=1S/C18H15N3O3S2/c1-2-11-6-12-17(19-9-20-18(12)26-11)25-8-14(22)10-3-4-15-13(5-10)21-16(23)7-24-15/h3-6,9H,2,7-8H2,1H3,(H,21,23). The monoisotopic (exact) mass is 385 g/mol. The van der Waals surface area contributed by atoms with Gasteiger partial charge in [0.05, 0.1) is 11.4 Å². The van der Waals surface area contributed by atoms with Gasteiger partial charge >= 0.3 is 0 Å². The number of fused-ring (bicyclic) bond motifs is 2. The molecule has 0 saturated heterocycles. The van der Waals surface area contributed by atoms with Gasteiger partial charge in [-0.2, -0.15) is 0 Å². The molecule has 3 heterocycles. The van der Waals surface area contributed by atoms with E-state index < -0.39 is 0 Å². The van der Waals surface area contributed by atoms with Gasteiger partial charge in [-0.1, -0.05) is 18.7 Å². The maximum atomic E-state index is 12.6. The highest BCUT2D eigenvalue weighted by atomic mass is 32.2. The minimum absolute atomic E-state index is 0.000243. The molecule has 132 valence electrons. The fourth-order valence-corrected chi connectivity index (χ4v) is 4.51. The Bertz CT molecular complexity index is 1020. The van der Waals surface area contributed by atoms with Crippen LogP contribution in [0.3, 0.4) is 0 Å². The summed E-state index contributed by atoms with van der Waals surface area (Å²) in [6.45, 7) is 2.10. The highest BCUT2D eigenvalue weighted by molar-refractivity contribution is 8.00. The summed E-state index contributed by atoms with van der Waals surface area (Å²) < 4.78 is 5.32. The van der Waals surface area contributed by atoms with Gasteiger partial charge in [0.25, 0.3) is 5.91 Å². The van der Waals surface area contributed by atoms with Crippen molar-refractivity contribution < 1.29 is 14.3 Å². The van der Waals surface area contributed by atoms with Crippen LogP contribution in [0.25, 0.3) is 10.2 Å². The van der Waals surface area contributed by atoms with Crippen molar-refractivity contribution in [1.29, 1.82) is 0 Å². The van der Waals surface area contributed by atoms with Crippen molar-refractivity contribution in [3.63, 3.8) is 0 Å². The number of nitrogens with one attached hydrogen (secondary N) is 1. The molecular weight excluding hydrogens is 370 g/mol. The predicted molar refractivity (Wildman–Crippen MR) is 102 cm³/mol. The molecule has 8 heteroatoms. The molecule has 1 N–H and O–H groups in total. The van der Waals surface area contributed by atoms with Crippen molar-refractivity contribution in [3.05, 3.63) is 41.0 Å². The number of amides is 1. The van der Waals surface area contributed by atoms with Crippen LogP contribution in [0.15, 0.2) is 35.6 Å². The average molecular weight is 385 g/mol. The van der Waals surface area contributed by atoms with Crippen LogP contribution in [0, 0.1) is 0 Å². The lowest BCUT2D eigenvalue weighted by Crippen LogP contribution is -2.25. The van der Waals surface area contributed by atoms with E-state index >= 15 is 0 Å². The van der Waals surface area contributed by atoms with Crippen LogP contribution in [-0.4, -0.2) is 34.0 Å². The first-order valence-corrected chi connectivity index (χ1v) is 9.90. The second-order valence-electron chi connectivity index (χ2n) is 5.72. The first-order valence-electron chi connectivity index (χ1n) is 8.10. The summed E-state index contributed by atoms with van der Waals surface area (Å²) >= 11 is 3.06. The number of aryl methyl sites for hydroxylation is 1. The molecule has 1 amide bonds. The minimum Gasteiger partial charge on any atom is -0.482 e. The van der Waals surface area contributed by atoms with Crippen LogP contribution in [0.2, 0.25) is 0 Å². The Labute approximate surface area is 158 Å². The SMILES string of the molecule is CCc1cc2c(SCC(=O)c3ccc4c(c3)NC(=O)CO4)ncnc2s1. The van der Waals surface area contributed by atoms with Gasteiger partial charge in [0, 0.05) is 15.8 Å². The van der Waals surface area contributed by atoms with E-state index in [1.807, 2.05) is 0 Å². The van der Waals surface area contributed by atoms with Gasteiger partial charge in [-0.15, -0.1) is 11.3 Å². The fourth-order valence-electron chi connectivity index (χ4n) is 2.65. The molecule has 0 aliphatic carbocycles. The zero-order valence-electron chi connectivity index (χ0n) is 13.9. The summed E-state index contributed by atoms with van der Waals surface area (Å²) in [5.41, 5.74) is 1.07. The summed E-state index contributed by atoms with van der Waals surface area (Å²) in [5, 5.41) is 4.53. The van der Waals surface area contributed by atoms with E-state index in [1.54, 1.807) is 29.5 Å². The number of anilines is 1. The molecule has 0 radical (unpaired) electrons. The van der Waals surface area contributed by atoms with Gasteiger partial charge in [-0.25, -0.2) is 9.97 Å². The molecule has 1 aromatic carbocycles. The van der Waals surface area contributed by atoms with Crippen molar-refractivity contribution in [1.82, 2.24) is 9.97 Å². The van der Waals surface area contributed by atoms with Crippen LogP contribution in [-0.2, 0) is 11.2 Å². The zero-order valence-corrected chi connectivity index (χ0v) is 15.6. The van der Waals surface area contributed by atoms with Gasteiger partial charge in [0.15, 0.2) is 12.4 Å². The predicted octanol–water partition coefficient (Wildman–Crippen LogP) is 3.56. The van der Waals surface area contributed by atoms with Crippen molar-refractivity contribution in [2.24, 2.45) is 0 Å². The third kappa shape index (κ3) is 3.30. The topological polar surface area (TPSA) is 81.2 Å². The zero-order chi connectivity index (χ0) is 18.1. The highest BCUT2D eigenvalue weighted by Crippen LogP contribution is 2.32. The van der Waals surface area contributed by atoms with Crippen molar-refractivity contribution in [2.45, 2.75) is 18.4 Å². The lowest BCUT2D eigenvalue weighted by molar-refractivity contribution is -0.118. The number of carbonyl (C=O) groups is 2. The number of nitrogens with zero attached hydrogens (tertiary/aromatic N) is 2. The molecule has 0 bridgehead atoms. The minimum atomic E-state index is -0.218. The van der Waals surface area contributed by atoms with Crippen molar-refractivity contribution in [3.8, 4) is 5.75 Å². The van der Waals surface area contributed by atoms with Crippen LogP contribution in [0.4, 0.5) is 5.69 Å². The molecule has 1 aliphatic rings. The fraction of sp³-hybridized carbons (Fsp3) is 0.222. The van der Waals surface area contributed by atoms with E-state index in [1.165, 1.54) is 23.0 Å². The van der Waals surface area contributed by atoms with E-state index in [4.69, 9.17) is 4.74 Å². The normalized spacial score (nSPS) is 13.2. The van der Waals surface area contributed by atoms with Gasteiger partial charge in [-0.05, 0) is 30.7 Å². The van der Waals surface area contributed by atoms with E-state index in [-0.39, 0.29) is 24.1 Å². The van der Waals surface area contributed by atoms with E-state index in [0.717, 1.165) is 21.7 Å². The number of hydrogen-bond donors (Lipinski definition) is 1. The Balaban J connectivity index is 1.52. The number of thiophene rings is 1. The second kappa shape index (κ2) is 7.05. The number of rotatable bonds is 5.